The second-order valence-electron chi connectivity index (χ2n) is 3.13. The van der Waals surface area contributed by atoms with Gasteiger partial charge in [0, 0.05) is 0 Å². The Hall–Kier alpha value is -1.07. The Morgan fingerprint density at radius 1 is 1.19 bits per heavy atom. The normalized spacial score (nSPS) is 9.56. The number of thiol groups is 1. The van der Waals surface area contributed by atoms with E-state index in [1.54, 1.807) is 7.11 Å². The summed E-state index contributed by atoms with van der Waals surface area (Å²) in [5, 5.41) is 4.06. The second-order valence-corrected chi connectivity index (χ2v) is 3.70. The molecule has 0 aliphatic heterocycles. The van der Waals surface area contributed by atoms with Gasteiger partial charge in [-0.3, -0.25) is 0 Å². The van der Waals surface area contributed by atoms with Crippen molar-refractivity contribution in [3.8, 4) is 5.75 Å². The Kier molecular flexibility index (Phi) is 7.58. The molecule has 0 aliphatic rings. The van der Waals surface area contributed by atoms with Gasteiger partial charge in [0.15, 0.2) is 10.9 Å². The Morgan fingerprint density at radius 2 is 1.69 bits per heavy atom. The van der Waals surface area contributed by atoms with Gasteiger partial charge in [-0.25, -0.2) is 13.6 Å². The molecule has 5 heteroatoms. The number of nitrogens with two attached hydrogens (primary N) is 1. The SMILES string of the molecule is CCc1ccc(OC)cc1CC.N[SH](=O)=O. The van der Waals surface area contributed by atoms with E-state index in [4.69, 9.17) is 13.2 Å². The highest BCUT2D eigenvalue weighted by Crippen LogP contribution is 2.18. The number of ether oxygens (including phenoxy) is 1. The Bertz CT molecular complexity index is 381. The fourth-order valence-corrected chi connectivity index (χ4v) is 1.40. The van der Waals surface area contributed by atoms with Crippen molar-refractivity contribution in [2.75, 3.05) is 7.11 Å². The molecule has 0 amide bonds. The predicted octanol–water partition coefficient (Wildman–Crippen LogP) is 1.29. The molecule has 1 aromatic rings. The number of hydrogen-bond acceptors (Lipinski definition) is 3. The average molecular weight is 245 g/mol. The lowest BCUT2D eigenvalue weighted by atomic mass is 10.0. The van der Waals surface area contributed by atoms with Crippen LogP contribution < -0.4 is 9.88 Å². The maximum atomic E-state index is 8.81. The lowest BCUT2D eigenvalue weighted by Gasteiger charge is -2.07. The number of aryl methyl sites for hydroxylation is 2. The van der Waals surface area contributed by atoms with Crippen LogP contribution in [0.4, 0.5) is 0 Å². The molecule has 92 valence electrons. The summed E-state index contributed by atoms with van der Waals surface area (Å²) in [6, 6.07) is 6.30. The zero-order valence-corrected chi connectivity index (χ0v) is 10.8. The van der Waals surface area contributed by atoms with Gasteiger partial charge in [-0.05, 0) is 36.1 Å². The fourth-order valence-electron chi connectivity index (χ4n) is 1.40. The van der Waals surface area contributed by atoms with Crippen LogP contribution in [-0.2, 0) is 23.7 Å². The van der Waals surface area contributed by atoms with Crippen LogP contribution in [0.5, 0.6) is 5.75 Å². The van der Waals surface area contributed by atoms with Crippen LogP contribution in [0.2, 0.25) is 0 Å². The van der Waals surface area contributed by atoms with Crippen LogP contribution in [0.25, 0.3) is 0 Å². The third-order valence-electron chi connectivity index (χ3n) is 2.18. The summed E-state index contributed by atoms with van der Waals surface area (Å²) < 4.78 is 22.8. The highest BCUT2D eigenvalue weighted by Gasteiger charge is 1.99. The predicted molar refractivity (Wildman–Crippen MR) is 66.3 cm³/mol. The number of hydrogen-bond donors (Lipinski definition) is 2. The highest BCUT2D eigenvalue weighted by atomic mass is 32.2. The molecule has 0 bridgehead atoms. The summed E-state index contributed by atoms with van der Waals surface area (Å²) in [5.41, 5.74) is 2.83. The largest absolute Gasteiger partial charge is 0.497 e. The summed E-state index contributed by atoms with van der Waals surface area (Å²) in [4.78, 5) is 0. The molecular formula is C11H19NO3S. The van der Waals surface area contributed by atoms with Crippen molar-refractivity contribution in [3.63, 3.8) is 0 Å². The lowest BCUT2D eigenvalue weighted by Crippen LogP contribution is -1.92. The highest BCUT2D eigenvalue weighted by molar-refractivity contribution is 7.69. The van der Waals surface area contributed by atoms with Crippen LogP contribution >= 0.6 is 0 Å². The number of methoxy groups -OCH3 is 1. The molecule has 0 unspecified atom stereocenters. The molecule has 0 heterocycles. The van der Waals surface area contributed by atoms with Gasteiger partial charge < -0.3 is 4.74 Å². The van der Waals surface area contributed by atoms with Crippen molar-refractivity contribution >= 4 is 10.9 Å². The Labute approximate surface area is 98.5 Å². The molecule has 0 radical (unpaired) electrons. The molecule has 4 nitrogen and oxygen atoms in total. The molecule has 0 spiro atoms. The van der Waals surface area contributed by atoms with Gasteiger partial charge in [0.2, 0.25) is 0 Å². The molecule has 0 saturated carbocycles. The van der Waals surface area contributed by atoms with E-state index < -0.39 is 10.9 Å². The molecule has 16 heavy (non-hydrogen) atoms. The zero-order valence-electron chi connectivity index (χ0n) is 9.90. The smallest absolute Gasteiger partial charge is 0.198 e. The first kappa shape index (κ1) is 14.9. The summed E-state index contributed by atoms with van der Waals surface area (Å²) in [6.07, 6.45) is 2.19. The molecule has 1 rings (SSSR count). The van der Waals surface area contributed by atoms with Crippen molar-refractivity contribution in [1.29, 1.82) is 0 Å². The van der Waals surface area contributed by atoms with Gasteiger partial charge in [0.1, 0.15) is 5.75 Å². The molecule has 0 fully saturated rings. The molecular weight excluding hydrogens is 226 g/mol. The average Bonchev–Trinajstić information content (AvgIpc) is 2.27. The van der Waals surface area contributed by atoms with Crippen LogP contribution in [0.1, 0.15) is 25.0 Å². The Morgan fingerprint density at radius 3 is 2.06 bits per heavy atom. The summed E-state index contributed by atoms with van der Waals surface area (Å²) >= 11 is 0. The van der Waals surface area contributed by atoms with Crippen LogP contribution in [0.3, 0.4) is 0 Å². The summed E-state index contributed by atoms with van der Waals surface area (Å²) in [7, 11) is -0.912. The van der Waals surface area contributed by atoms with Crippen molar-refractivity contribution in [2.24, 2.45) is 5.14 Å². The van der Waals surface area contributed by atoms with Gasteiger partial charge in [0.25, 0.3) is 0 Å². The van der Waals surface area contributed by atoms with Crippen molar-refractivity contribution in [3.05, 3.63) is 29.3 Å². The van der Waals surface area contributed by atoms with Crippen LogP contribution in [0, 0.1) is 0 Å². The minimum atomic E-state index is -2.62. The van der Waals surface area contributed by atoms with E-state index in [1.165, 1.54) is 11.1 Å². The first-order valence-corrected chi connectivity index (χ1v) is 6.34. The molecule has 2 N–H and O–H groups in total. The quantitative estimate of drug-likeness (QED) is 0.788. The van der Waals surface area contributed by atoms with E-state index in [0.717, 1.165) is 18.6 Å². The number of rotatable bonds is 3. The number of benzene rings is 1. The third kappa shape index (κ3) is 5.72. The van der Waals surface area contributed by atoms with E-state index in [9.17, 15) is 0 Å². The fraction of sp³-hybridized carbons (Fsp3) is 0.455. The van der Waals surface area contributed by atoms with Gasteiger partial charge in [-0.2, -0.15) is 0 Å². The molecule has 1 aromatic carbocycles. The van der Waals surface area contributed by atoms with Gasteiger partial charge in [-0.1, -0.05) is 19.9 Å². The first-order valence-electron chi connectivity index (χ1n) is 5.10. The Balaban J connectivity index is 0.000000487. The monoisotopic (exact) mass is 245 g/mol. The topological polar surface area (TPSA) is 69.4 Å². The second kappa shape index (κ2) is 8.13. The van der Waals surface area contributed by atoms with Crippen LogP contribution in [0.15, 0.2) is 18.2 Å². The third-order valence-corrected chi connectivity index (χ3v) is 2.18. The summed E-state index contributed by atoms with van der Waals surface area (Å²) in [5.74, 6) is 0.962. The van der Waals surface area contributed by atoms with Crippen molar-refractivity contribution in [2.45, 2.75) is 26.7 Å². The standard InChI is InChI=1S/C11H16O.H3NO2S/c1-4-9-6-7-11(12-3)8-10(9)5-2;1-4(2)3/h6-8H,4-5H2,1-3H3;4H,(H2,1,2,3). The minimum absolute atomic E-state index is 0.962. The van der Waals surface area contributed by atoms with E-state index in [-0.39, 0.29) is 0 Å². The van der Waals surface area contributed by atoms with E-state index >= 15 is 0 Å². The van der Waals surface area contributed by atoms with Crippen LogP contribution in [-0.4, -0.2) is 15.5 Å². The molecule has 0 aliphatic carbocycles. The molecule has 0 atom stereocenters. The van der Waals surface area contributed by atoms with E-state index in [2.05, 4.69) is 31.1 Å². The van der Waals surface area contributed by atoms with E-state index in [0.29, 0.717) is 0 Å². The molecule has 0 saturated heterocycles. The van der Waals surface area contributed by atoms with Crippen molar-refractivity contribution < 1.29 is 13.2 Å². The molecule has 0 aromatic heterocycles. The van der Waals surface area contributed by atoms with E-state index in [1.807, 2.05) is 6.07 Å². The van der Waals surface area contributed by atoms with Gasteiger partial charge >= 0.3 is 0 Å². The minimum Gasteiger partial charge on any atom is -0.497 e. The summed E-state index contributed by atoms with van der Waals surface area (Å²) in [6.45, 7) is 4.36. The maximum absolute atomic E-state index is 8.81. The van der Waals surface area contributed by atoms with Gasteiger partial charge in [0.05, 0.1) is 7.11 Å². The maximum Gasteiger partial charge on any atom is 0.198 e. The van der Waals surface area contributed by atoms with Gasteiger partial charge in [-0.15, -0.1) is 0 Å². The first-order chi connectivity index (χ1) is 7.54. The lowest BCUT2D eigenvalue weighted by molar-refractivity contribution is 0.414. The zero-order chi connectivity index (χ0) is 12.6. The van der Waals surface area contributed by atoms with Crippen molar-refractivity contribution in [1.82, 2.24) is 0 Å².